The summed E-state index contributed by atoms with van der Waals surface area (Å²) in [6, 6.07) is 0.328. The summed E-state index contributed by atoms with van der Waals surface area (Å²) in [6.45, 7) is 9.88. The van der Waals surface area contributed by atoms with Gasteiger partial charge in [0.15, 0.2) is 0 Å². The second-order valence-electron chi connectivity index (χ2n) is 7.54. The van der Waals surface area contributed by atoms with E-state index in [9.17, 15) is 5.11 Å². The van der Waals surface area contributed by atoms with Crippen LogP contribution in [-0.2, 0) is 0 Å². The first-order chi connectivity index (χ1) is 8.19. The average Bonchev–Trinajstić information content (AvgIpc) is 2.17. The van der Waals surface area contributed by atoms with Crippen LogP contribution in [0.1, 0.15) is 53.4 Å². The molecule has 2 atom stereocenters. The molecule has 0 radical (unpaired) electrons. The molecule has 2 heterocycles. The summed E-state index contributed by atoms with van der Waals surface area (Å²) < 4.78 is 0. The quantitative estimate of drug-likeness (QED) is 0.617. The van der Waals surface area contributed by atoms with Crippen LogP contribution in [0.2, 0.25) is 0 Å². The molecular formula is C14H29N3O. The van der Waals surface area contributed by atoms with Gasteiger partial charge in [0.05, 0.1) is 6.10 Å². The minimum absolute atomic E-state index is 0.148. The average molecular weight is 255 g/mol. The van der Waals surface area contributed by atoms with Gasteiger partial charge in [-0.3, -0.25) is 5.84 Å². The van der Waals surface area contributed by atoms with E-state index in [0.717, 1.165) is 32.2 Å². The van der Waals surface area contributed by atoms with Crippen molar-refractivity contribution in [1.82, 2.24) is 10.3 Å². The summed E-state index contributed by atoms with van der Waals surface area (Å²) in [5, 5.41) is 15.6. The lowest BCUT2D eigenvalue weighted by molar-refractivity contribution is -0.0139. The molecule has 2 fully saturated rings. The maximum Gasteiger partial charge on any atom is 0.0568 e. The van der Waals surface area contributed by atoms with Crippen LogP contribution in [0.3, 0.4) is 0 Å². The summed E-state index contributed by atoms with van der Waals surface area (Å²) in [4.78, 5) is 0. The Morgan fingerprint density at radius 3 is 2.28 bits per heavy atom. The molecule has 0 aliphatic carbocycles. The molecule has 0 aromatic rings. The van der Waals surface area contributed by atoms with Crippen LogP contribution in [0.5, 0.6) is 0 Å². The van der Waals surface area contributed by atoms with Crippen molar-refractivity contribution in [2.24, 2.45) is 11.8 Å². The number of hydrogen-bond donors (Lipinski definition) is 3. The number of nitrogens with one attached hydrogen (secondary N) is 1. The van der Waals surface area contributed by atoms with Gasteiger partial charge in [-0.25, -0.2) is 5.01 Å². The molecule has 4 nitrogen and oxygen atoms in total. The summed E-state index contributed by atoms with van der Waals surface area (Å²) in [5.41, 5.74) is 0.297. The van der Waals surface area contributed by atoms with E-state index in [1.165, 1.54) is 0 Å². The lowest BCUT2D eigenvalue weighted by Gasteiger charge is -2.51. The van der Waals surface area contributed by atoms with Gasteiger partial charge in [0.2, 0.25) is 0 Å². The first-order valence-corrected chi connectivity index (χ1v) is 7.17. The van der Waals surface area contributed by atoms with Crippen molar-refractivity contribution < 1.29 is 5.11 Å². The fraction of sp³-hybridized carbons (Fsp3) is 1.00. The van der Waals surface area contributed by atoms with Crippen molar-refractivity contribution in [2.75, 3.05) is 6.54 Å². The predicted molar refractivity (Wildman–Crippen MR) is 73.9 cm³/mol. The van der Waals surface area contributed by atoms with Gasteiger partial charge in [-0.15, -0.1) is 0 Å². The van der Waals surface area contributed by atoms with E-state index in [1.54, 1.807) is 0 Å². The van der Waals surface area contributed by atoms with Gasteiger partial charge in [-0.05, 0) is 59.3 Å². The van der Waals surface area contributed by atoms with Gasteiger partial charge in [-0.2, -0.15) is 0 Å². The minimum atomic E-state index is -0.170. The third-order valence-electron chi connectivity index (χ3n) is 4.43. The lowest BCUT2D eigenvalue weighted by Crippen LogP contribution is -2.62. The van der Waals surface area contributed by atoms with E-state index in [0.29, 0.717) is 12.0 Å². The molecule has 2 unspecified atom stereocenters. The normalized spacial score (nSPS) is 37.7. The highest BCUT2D eigenvalue weighted by molar-refractivity contribution is 5.00. The first kappa shape index (κ1) is 14.3. The van der Waals surface area contributed by atoms with Crippen LogP contribution < -0.4 is 11.2 Å². The lowest BCUT2D eigenvalue weighted by atomic mass is 9.71. The molecule has 0 amide bonds. The third kappa shape index (κ3) is 3.23. The highest BCUT2D eigenvalue weighted by Crippen LogP contribution is 2.38. The highest BCUT2D eigenvalue weighted by Gasteiger charge is 2.43. The van der Waals surface area contributed by atoms with Gasteiger partial charge in [0.25, 0.3) is 0 Å². The highest BCUT2D eigenvalue weighted by atomic mass is 16.3. The fourth-order valence-corrected chi connectivity index (χ4v) is 4.13. The van der Waals surface area contributed by atoms with E-state index in [2.05, 4.69) is 33.0 Å². The molecule has 0 saturated carbocycles. The Balaban J connectivity index is 2.11. The Kier molecular flexibility index (Phi) is 3.76. The molecule has 106 valence electrons. The number of nitrogens with two attached hydrogens (primary N) is 1. The number of piperidine rings is 2. The summed E-state index contributed by atoms with van der Waals surface area (Å²) in [5.74, 6) is 6.72. The second kappa shape index (κ2) is 4.75. The Morgan fingerprint density at radius 2 is 1.72 bits per heavy atom. The predicted octanol–water partition coefficient (Wildman–Crippen LogP) is 1.24. The molecule has 0 aromatic heterocycles. The molecule has 2 aliphatic heterocycles. The van der Waals surface area contributed by atoms with Crippen molar-refractivity contribution in [1.29, 1.82) is 0 Å². The molecule has 4 heteroatoms. The van der Waals surface area contributed by atoms with Crippen molar-refractivity contribution in [3.05, 3.63) is 0 Å². The molecule has 0 spiro atoms. The molecule has 2 aliphatic rings. The zero-order valence-electron chi connectivity index (χ0n) is 12.2. The van der Waals surface area contributed by atoms with Crippen molar-refractivity contribution >= 4 is 0 Å². The number of aliphatic hydroxyl groups is 1. The summed E-state index contributed by atoms with van der Waals surface area (Å²) >= 11 is 0. The maximum absolute atomic E-state index is 9.89. The topological polar surface area (TPSA) is 61.5 Å². The number of nitrogens with zero attached hydrogens (tertiary/aromatic N) is 1. The van der Waals surface area contributed by atoms with Gasteiger partial charge in [-0.1, -0.05) is 0 Å². The fourth-order valence-electron chi connectivity index (χ4n) is 4.13. The minimum Gasteiger partial charge on any atom is -0.393 e. The molecule has 4 N–H and O–H groups in total. The molecule has 0 bridgehead atoms. The van der Waals surface area contributed by atoms with Crippen LogP contribution in [0, 0.1) is 5.92 Å². The van der Waals surface area contributed by atoms with Crippen LogP contribution in [0.15, 0.2) is 0 Å². The SMILES string of the molecule is CC1(C)CC(C2CC(O)CCN2N)CC(C)(C)N1. The van der Waals surface area contributed by atoms with Crippen LogP contribution in [0.4, 0.5) is 0 Å². The number of hydrogen-bond acceptors (Lipinski definition) is 4. The van der Waals surface area contributed by atoms with Gasteiger partial charge >= 0.3 is 0 Å². The monoisotopic (exact) mass is 255 g/mol. The van der Waals surface area contributed by atoms with Gasteiger partial charge in [0, 0.05) is 23.7 Å². The molecule has 18 heavy (non-hydrogen) atoms. The maximum atomic E-state index is 9.89. The molecule has 0 aromatic carbocycles. The zero-order chi connectivity index (χ0) is 13.6. The van der Waals surface area contributed by atoms with E-state index < -0.39 is 0 Å². The number of rotatable bonds is 1. The van der Waals surface area contributed by atoms with Crippen LogP contribution in [-0.4, -0.2) is 39.9 Å². The standard InChI is InChI=1S/C14H29N3O/c1-13(2)8-10(9-14(3,4)16-13)12-7-11(18)5-6-17(12)15/h10-12,16,18H,5-9,15H2,1-4H3. The van der Waals surface area contributed by atoms with E-state index in [-0.39, 0.29) is 17.2 Å². The van der Waals surface area contributed by atoms with Gasteiger partial charge < -0.3 is 10.4 Å². The molecule has 2 rings (SSSR count). The third-order valence-corrected chi connectivity index (χ3v) is 4.43. The Labute approximate surface area is 111 Å². The Hall–Kier alpha value is -0.160. The van der Waals surface area contributed by atoms with E-state index in [1.807, 2.05) is 5.01 Å². The molecule has 2 saturated heterocycles. The van der Waals surface area contributed by atoms with Crippen molar-refractivity contribution in [3.63, 3.8) is 0 Å². The molecular weight excluding hydrogens is 226 g/mol. The first-order valence-electron chi connectivity index (χ1n) is 7.17. The Bertz CT molecular complexity index is 287. The number of hydrazine groups is 1. The van der Waals surface area contributed by atoms with Crippen molar-refractivity contribution in [3.8, 4) is 0 Å². The van der Waals surface area contributed by atoms with E-state index in [4.69, 9.17) is 5.84 Å². The second-order valence-corrected chi connectivity index (χ2v) is 7.54. The van der Waals surface area contributed by atoms with Gasteiger partial charge in [0.1, 0.15) is 0 Å². The number of aliphatic hydroxyl groups excluding tert-OH is 1. The van der Waals surface area contributed by atoms with Crippen molar-refractivity contribution in [2.45, 2.75) is 76.6 Å². The largest absolute Gasteiger partial charge is 0.393 e. The zero-order valence-corrected chi connectivity index (χ0v) is 12.2. The van der Waals surface area contributed by atoms with Crippen LogP contribution in [0.25, 0.3) is 0 Å². The Morgan fingerprint density at radius 1 is 1.17 bits per heavy atom. The smallest absolute Gasteiger partial charge is 0.0568 e. The summed E-state index contributed by atoms with van der Waals surface area (Å²) in [6.07, 6.45) is 3.72. The van der Waals surface area contributed by atoms with Crippen LogP contribution >= 0.6 is 0 Å². The summed E-state index contributed by atoms with van der Waals surface area (Å²) in [7, 11) is 0. The van der Waals surface area contributed by atoms with E-state index >= 15 is 0 Å².